The van der Waals surface area contributed by atoms with Gasteiger partial charge in [-0.2, -0.15) is 4.79 Å². The number of nitrogens with zero attached hydrogens (tertiary/aromatic N) is 2. The fraction of sp³-hybridized carbons (Fsp3) is 0.357. The lowest BCUT2D eigenvalue weighted by Gasteiger charge is -1.98. The zero-order chi connectivity index (χ0) is 13.4. The van der Waals surface area contributed by atoms with Crippen LogP contribution in [0.15, 0.2) is 30.3 Å². The Morgan fingerprint density at radius 2 is 1.72 bits per heavy atom. The van der Waals surface area contributed by atoms with Gasteiger partial charge in [0.05, 0.1) is 0 Å². The molecule has 0 atom stereocenters. The van der Waals surface area contributed by atoms with Crippen molar-refractivity contribution in [3.05, 3.63) is 41.4 Å². The second-order valence-corrected chi connectivity index (χ2v) is 4.03. The van der Waals surface area contributed by atoms with Crippen LogP contribution in [0.5, 0.6) is 0 Å². The molecule has 0 amide bonds. The van der Waals surface area contributed by atoms with E-state index >= 15 is 0 Å². The molecule has 0 bridgehead atoms. The lowest BCUT2D eigenvalue weighted by Crippen LogP contribution is -2.25. The van der Waals surface area contributed by atoms with Crippen molar-refractivity contribution in [1.82, 2.24) is 0 Å². The van der Waals surface area contributed by atoms with E-state index in [4.69, 9.17) is 5.53 Å². The zero-order valence-corrected chi connectivity index (χ0v) is 10.4. The summed E-state index contributed by atoms with van der Waals surface area (Å²) in [6.07, 6.45) is 1.58. The summed E-state index contributed by atoms with van der Waals surface area (Å²) in [6.45, 7) is 1.83. The minimum Gasteiger partial charge on any atom is -0.360 e. The number of Topliss-reactive ketones (excluding diaryl/α,β-unsaturated/α-hetero) is 2. The molecule has 4 heteroatoms. The summed E-state index contributed by atoms with van der Waals surface area (Å²) in [5.74, 6) is -0.794. The van der Waals surface area contributed by atoms with Gasteiger partial charge in [0, 0.05) is 12.8 Å². The highest BCUT2D eigenvalue weighted by Gasteiger charge is 2.27. The molecule has 0 aromatic heterocycles. The molecule has 0 unspecified atom stereocenters. The number of benzene rings is 1. The average Bonchev–Trinajstić information content (AvgIpc) is 2.39. The summed E-state index contributed by atoms with van der Waals surface area (Å²) < 4.78 is 0. The quantitative estimate of drug-likeness (QED) is 0.319. The summed E-state index contributed by atoms with van der Waals surface area (Å²) in [6, 6.07) is 9.51. The van der Waals surface area contributed by atoms with Gasteiger partial charge < -0.3 is 5.53 Å². The van der Waals surface area contributed by atoms with Crippen molar-refractivity contribution in [2.45, 2.75) is 32.6 Å². The topological polar surface area (TPSA) is 70.5 Å². The fourth-order valence-electron chi connectivity index (χ4n) is 1.63. The third-order valence-corrected chi connectivity index (χ3v) is 2.59. The monoisotopic (exact) mass is 244 g/mol. The molecule has 0 aliphatic rings. The molecular formula is C14H16N2O2. The van der Waals surface area contributed by atoms with Crippen LogP contribution in [0.1, 0.15) is 31.7 Å². The van der Waals surface area contributed by atoms with Crippen LogP contribution in [0.4, 0.5) is 0 Å². The van der Waals surface area contributed by atoms with Gasteiger partial charge >= 0.3 is 5.71 Å². The first-order valence-electron chi connectivity index (χ1n) is 6.01. The highest BCUT2D eigenvalue weighted by atomic mass is 16.1. The Morgan fingerprint density at radius 1 is 1.11 bits per heavy atom. The van der Waals surface area contributed by atoms with Gasteiger partial charge in [0.25, 0.3) is 0 Å². The SMILES string of the molecule is CCCC(=O)C(=[N+]=[N-])C(=O)CCc1ccccc1. The van der Waals surface area contributed by atoms with Crippen LogP contribution in [0.2, 0.25) is 0 Å². The average molecular weight is 244 g/mol. The maximum absolute atomic E-state index is 11.8. The van der Waals surface area contributed by atoms with Crippen LogP contribution in [-0.4, -0.2) is 22.1 Å². The second kappa shape index (κ2) is 7.30. The smallest absolute Gasteiger partial charge is 0.360 e. The van der Waals surface area contributed by atoms with Crippen molar-refractivity contribution < 1.29 is 14.4 Å². The van der Waals surface area contributed by atoms with Crippen LogP contribution < -0.4 is 0 Å². The molecule has 0 N–H and O–H groups in total. The largest absolute Gasteiger partial charge is 0.400 e. The third-order valence-electron chi connectivity index (χ3n) is 2.59. The van der Waals surface area contributed by atoms with Crippen LogP contribution >= 0.6 is 0 Å². The Hall–Kier alpha value is -2.06. The molecule has 0 heterocycles. The highest BCUT2D eigenvalue weighted by molar-refractivity contribution is 6.64. The van der Waals surface area contributed by atoms with Gasteiger partial charge in [-0.3, -0.25) is 9.59 Å². The molecule has 18 heavy (non-hydrogen) atoms. The summed E-state index contributed by atoms with van der Waals surface area (Å²) in [5.41, 5.74) is 9.43. The van der Waals surface area contributed by atoms with Gasteiger partial charge in [0.15, 0.2) is 0 Å². The van der Waals surface area contributed by atoms with E-state index in [1.807, 2.05) is 37.3 Å². The standard InChI is InChI=1S/C14H16N2O2/c1-2-6-12(17)14(16-15)13(18)10-9-11-7-4-3-5-8-11/h3-5,7-8H,2,6,9-10H2,1H3. The van der Waals surface area contributed by atoms with Crippen LogP contribution in [0, 0.1) is 0 Å². The van der Waals surface area contributed by atoms with Crippen molar-refractivity contribution in [3.63, 3.8) is 0 Å². The van der Waals surface area contributed by atoms with E-state index < -0.39 is 11.6 Å². The number of ketones is 2. The molecule has 4 nitrogen and oxygen atoms in total. The lowest BCUT2D eigenvalue weighted by atomic mass is 10.0. The van der Waals surface area contributed by atoms with Crippen LogP contribution in [0.3, 0.4) is 0 Å². The molecule has 0 radical (unpaired) electrons. The van der Waals surface area contributed by atoms with E-state index in [1.165, 1.54) is 0 Å². The van der Waals surface area contributed by atoms with E-state index in [0.717, 1.165) is 5.56 Å². The molecule has 94 valence electrons. The zero-order valence-electron chi connectivity index (χ0n) is 10.4. The van der Waals surface area contributed by atoms with Crippen molar-refractivity contribution in [1.29, 1.82) is 0 Å². The maximum Gasteiger partial charge on any atom is 0.400 e. The number of hydrogen-bond acceptors (Lipinski definition) is 2. The van der Waals surface area contributed by atoms with Gasteiger partial charge in [-0.1, -0.05) is 37.3 Å². The fourth-order valence-corrected chi connectivity index (χ4v) is 1.63. The first-order chi connectivity index (χ1) is 8.69. The number of carbonyl (C=O) groups excluding carboxylic acids is 2. The number of aryl methyl sites for hydroxylation is 1. The van der Waals surface area contributed by atoms with Crippen molar-refractivity contribution in [2.24, 2.45) is 0 Å². The Balaban J connectivity index is 2.59. The van der Waals surface area contributed by atoms with Gasteiger partial charge in [0.1, 0.15) is 0 Å². The third kappa shape index (κ3) is 4.07. The molecule has 1 rings (SSSR count). The normalized spacial score (nSPS) is 9.61. The van der Waals surface area contributed by atoms with E-state index in [9.17, 15) is 9.59 Å². The predicted molar refractivity (Wildman–Crippen MR) is 68.3 cm³/mol. The summed E-state index contributed by atoms with van der Waals surface area (Å²) in [7, 11) is 0. The van der Waals surface area contributed by atoms with E-state index in [1.54, 1.807) is 0 Å². The Labute approximate surface area is 106 Å². The second-order valence-electron chi connectivity index (χ2n) is 4.03. The first kappa shape index (κ1) is 14.0. The van der Waals surface area contributed by atoms with Gasteiger partial charge in [-0.05, 0) is 18.4 Å². The molecule has 0 saturated heterocycles. The molecule has 1 aromatic carbocycles. The van der Waals surface area contributed by atoms with Crippen LogP contribution in [-0.2, 0) is 16.0 Å². The number of hydrogen-bond donors (Lipinski definition) is 0. The molecule has 1 aromatic rings. The summed E-state index contributed by atoms with van der Waals surface area (Å²) in [5, 5.41) is 0. The Morgan fingerprint density at radius 3 is 2.28 bits per heavy atom. The summed E-state index contributed by atoms with van der Waals surface area (Å²) >= 11 is 0. The van der Waals surface area contributed by atoms with Crippen molar-refractivity contribution in [3.8, 4) is 0 Å². The van der Waals surface area contributed by atoms with E-state index in [2.05, 4.69) is 4.79 Å². The Kier molecular flexibility index (Phi) is 5.68. The highest BCUT2D eigenvalue weighted by Crippen LogP contribution is 2.04. The molecular weight excluding hydrogens is 228 g/mol. The maximum atomic E-state index is 11.8. The van der Waals surface area contributed by atoms with Crippen molar-refractivity contribution >= 4 is 17.3 Å². The summed E-state index contributed by atoms with van der Waals surface area (Å²) in [4.78, 5) is 26.1. The van der Waals surface area contributed by atoms with Gasteiger partial charge in [-0.25, -0.2) is 0 Å². The minimum atomic E-state index is -0.403. The predicted octanol–water partition coefficient (Wildman–Crippen LogP) is 2.23. The Bertz CT molecular complexity index is 474. The minimum absolute atomic E-state index is 0.179. The molecule has 0 aliphatic carbocycles. The van der Waals surface area contributed by atoms with Gasteiger partial charge in [0.2, 0.25) is 11.6 Å². The first-order valence-corrected chi connectivity index (χ1v) is 6.01. The van der Waals surface area contributed by atoms with E-state index in [0.29, 0.717) is 12.8 Å². The van der Waals surface area contributed by atoms with Gasteiger partial charge in [-0.15, -0.1) is 0 Å². The molecule has 0 spiro atoms. The molecule has 0 aliphatic heterocycles. The number of rotatable bonds is 7. The molecule has 0 fully saturated rings. The lowest BCUT2D eigenvalue weighted by molar-refractivity contribution is -0.124. The van der Waals surface area contributed by atoms with Crippen molar-refractivity contribution in [2.75, 3.05) is 0 Å². The van der Waals surface area contributed by atoms with E-state index in [-0.39, 0.29) is 18.6 Å². The van der Waals surface area contributed by atoms with Crippen LogP contribution in [0.25, 0.3) is 5.53 Å². The number of carbonyl (C=O) groups is 2. The molecule has 0 saturated carbocycles.